The predicted octanol–water partition coefficient (Wildman–Crippen LogP) is 2.71. The Bertz CT molecular complexity index is 915. The molecule has 1 aromatic carbocycles. The highest BCUT2D eigenvalue weighted by molar-refractivity contribution is 8.14. The summed E-state index contributed by atoms with van der Waals surface area (Å²) < 4.78 is 6.90. The molecule has 1 aromatic heterocycles. The molecule has 1 aliphatic rings. The van der Waals surface area contributed by atoms with Gasteiger partial charge in [-0.2, -0.15) is 0 Å². The number of nitrogens with two attached hydrogens (primary N) is 1. The number of carbonyl (C=O) groups is 3. The highest BCUT2D eigenvalue weighted by atomic mass is 32.2. The molecule has 30 heavy (non-hydrogen) atoms. The Kier molecular flexibility index (Phi) is 7.29. The van der Waals surface area contributed by atoms with E-state index in [1.165, 1.54) is 24.0 Å². The van der Waals surface area contributed by atoms with Crippen LogP contribution in [0.2, 0.25) is 0 Å². The van der Waals surface area contributed by atoms with Crippen molar-refractivity contribution in [2.75, 3.05) is 13.2 Å². The topological polar surface area (TPSA) is 108 Å². The second-order valence-electron chi connectivity index (χ2n) is 6.90. The number of primary amides is 1. The fourth-order valence-corrected chi connectivity index (χ4v) is 4.59. The molecule has 0 radical (unpaired) electrons. The Morgan fingerprint density at radius 3 is 2.77 bits per heavy atom. The van der Waals surface area contributed by atoms with Gasteiger partial charge in [0.15, 0.2) is 5.82 Å². The first-order valence-electron chi connectivity index (χ1n) is 9.61. The molecular weight excluding hydrogens is 404 g/mol. The van der Waals surface area contributed by atoms with Gasteiger partial charge in [0.05, 0.1) is 0 Å². The van der Waals surface area contributed by atoms with Gasteiger partial charge < -0.3 is 19.9 Å². The molecule has 1 aliphatic heterocycles. The minimum atomic E-state index is -0.601. The van der Waals surface area contributed by atoms with E-state index in [1.807, 2.05) is 18.2 Å². The SMILES string of the molecule is C=CCOC(=O)N1C[C@@H](SC(=O)c2ccccc2)C[C@H]1CCn1ccnc1C(N)=O. The van der Waals surface area contributed by atoms with Gasteiger partial charge in [0.2, 0.25) is 5.12 Å². The number of aryl methyl sites for hydroxylation is 1. The third-order valence-electron chi connectivity index (χ3n) is 4.86. The second-order valence-corrected chi connectivity index (χ2v) is 8.17. The molecule has 8 nitrogen and oxygen atoms in total. The van der Waals surface area contributed by atoms with Crippen LogP contribution in [0, 0.1) is 0 Å². The molecule has 2 aromatic rings. The monoisotopic (exact) mass is 428 g/mol. The summed E-state index contributed by atoms with van der Waals surface area (Å²) in [4.78, 5) is 42.2. The number of nitrogens with zero attached hydrogens (tertiary/aromatic N) is 3. The molecule has 0 saturated carbocycles. The van der Waals surface area contributed by atoms with E-state index in [-0.39, 0.29) is 28.8 Å². The van der Waals surface area contributed by atoms with E-state index < -0.39 is 12.0 Å². The number of rotatable bonds is 8. The lowest BCUT2D eigenvalue weighted by Crippen LogP contribution is -2.37. The molecule has 0 spiro atoms. The first kappa shape index (κ1) is 21.6. The Morgan fingerprint density at radius 2 is 2.07 bits per heavy atom. The van der Waals surface area contributed by atoms with Crippen LogP contribution < -0.4 is 5.73 Å². The van der Waals surface area contributed by atoms with Gasteiger partial charge in [0.25, 0.3) is 5.91 Å². The number of hydrogen-bond acceptors (Lipinski definition) is 6. The molecule has 0 unspecified atom stereocenters. The van der Waals surface area contributed by atoms with E-state index >= 15 is 0 Å². The van der Waals surface area contributed by atoms with Crippen molar-refractivity contribution in [2.24, 2.45) is 5.73 Å². The van der Waals surface area contributed by atoms with E-state index in [2.05, 4.69) is 11.6 Å². The van der Waals surface area contributed by atoms with Gasteiger partial charge in [-0.15, -0.1) is 0 Å². The van der Waals surface area contributed by atoms with Crippen LogP contribution >= 0.6 is 11.8 Å². The van der Waals surface area contributed by atoms with Crippen molar-refractivity contribution in [1.29, 1.82) is 0 Å². The van der Waals surface area contributed by atoms with Crippen LogP contribution in [0.3, 0.4) is 0 Å². The summed E-state index contributed by atoms with van der Waals surface area (Å²) in [5.74, 6) is -0.422. The van der Waals surface area contributed by atoms with Gasteiger partial charge in [-0.05, 0) is 12.8 Å². The largest absolute Gasteiger partial charge is 0.445 e. The minimum Gasteiger partial charge on any atom is -0.445 e. The maximum atomic E-state index is 12.6. The number of ether oxygens (including phenoxy) is 1. The zero-order valence-electron chi connectivity index (χ0n) is 16.5. The van der Waals surface area contributed by atoms with Crippen molar-refractivity contribution in [1.82, 2.24) is 14.5 Å². The maximum Gasteiger partial charge on any atom is 0.410 e. The van der Waals surface area contributed by atoms with E-state index in [9.17, 15) is 14.4 Å². The Morgan fingerprint density at radius 1 is 1.30 bits per heavy atom. The Balaban J connectivity index is 1.67. The van der Waals surface area contributed by atoms with E-state index in [4.69, 9.17) is 10.5 Å². The van der Waals surface area contributed by atoms with Gasteiger partial charge in [0, 0.05) is 42.3 Å². The summed E-state index contributed by atoms with van der Waals surface area (Å²) in [5.41, 5.74) is 5.98. The van der Waals surface area contributed by atoms with Crippen molar-refractivity contribution in [3.05, 3.63) is 66.8 Å². The third-order valence-corrected chi connectivity index (χ3v) is 5.98. The number of hydrogen-bond donors (Lipinski definition) is 1. The third kappa shape index (κ3) is 5.29. The fourth-order valence-electron chi connectivity index (χ4n) is 3.47. The van der Waals surface area contributed by atoms with Gasteiger partial charge in [-0.3, -0.25) is 9.59 Å². The molecule has 0 bridgehead atoms. The highest BCUT2D eigenvalue weighted by Gasteiger charge is 2.37. The number of benzene rings is 1. The molecule has 2 amide bonds. The molecule has 2 N–H and O–H groups in total. The van der Waals surface area contributed by atoms with E-state index in [0.717, 1.165) is 0 Å². The van der Waals surface area contributed by atoms with Crippen LogP contribution in [-0.4, -0.2) is 56.0 Å². The number of imidazole rings is 1. The molecule has 2 heterocycles. The smallest absolute Gasteiger partial charge is 0.410 e. The van der Waals surface area contributed by atoms with Crippen LogP contribution in [0.25, 0.3) is 0 Å². The number of likely N-dealkylation sites (tertiary alicyclic amines) is 1. The zero-order valence-corrected chi connectivity index (χ0v) is 17.3. The van der Waals surface area contributed by atoms with Crippen molar-refractivity contribution in [2.45, 2.75) is 30.7 Å². The number of amides is 2. The predicted molar refractivity (Wildman–Crippen MR) is 114 cm³/mol. The van der Waals surface area contributed by atoms with Crippen LogP contribution in [0.4, 0.5) is 4.79 Å². The number of thioether (sulfide) groups is 1. The molecule has 1 saturated heterocycles. The van der Waals surface area contributed by atoms with E-state index in [0.29, 0.717) is 31.5 Å². The Labute approximate surface area is 179 Å². The lowest BCUT2D eigenvalue weighted by atomic mass is 10.1. The van der Waals surface area contributed by atoms with Crippen molar-refractivity contribution >= 4 is 28.9 Å². The molecule has 2 atom stereocenters. The lowest BCUT2D eigenvalue weighted by molar-refractivity contribution is 0.0978. The van der Waals surface area contributed by atoms with Crippen molar-refractivity contribution in [3.63, 3.8) is 0 Å². The molecular formula is C21H24N4O4S. The van der Waals surface area contributed by atoms with Crippen LogP contribution in [0.15, 0.2) is 55.4 Å². The van der Waals surface area contributed by atoms with Crippen LogP contribution in [0.1, 0.15) is 33.8 Å². The van der Waals surface area contributed by atoms with Gasteiger partial charge in [-0.1, -0.05) is 54.7 Å². The van der Waals surface area contributed by atoms with Crippen LogP contribution in [0.5, 0.6) is 0 Å². The summed E-state index contributed by atoms with van der Waals surface area (Å²) in [6.45, 7) is 4.57. The molecule has 9 heteroatoms. The average molecular weight is 429 g/mol. The quantitative estimate of drug-likeness (QED) is 0.648. The van der Waals surface area contributed by atoms with Gasteiger partial charge >= 0.3 is 6.09 Å². The summed E-state index contributed by atoms with van der Waals surface area (Å²) >= 11 is 1.24. The molecule has 158 valence electrons. The van der Waals surface area contributed by atoms with E-state index in [1.54, 1.807) is 27.8 Å². The van der Waals surface area contributed by atoms with Crippen LogP contribution in [-0.2, 0) is 11.3 Å². The average Bonchev–Trinajstić information content (AvgIpc) is 3.38. The summed E-state index contributed by atoms with van der Waals surface area (Å²) in [5, 5.41) is -0.0660. The van der Waals surface area contributed by atoms with Crippen molar-refractivity contribution in [3.8, 4) is 0 Å². The second kappa shape index (κ2) is 10.1. The maximum absolute atomic E-state index is 12.6. The lowest BCUT2D eigenvalue weighted by Gasteiger charge is -2.24. The molecule has 0 aliphatic carbocycles. The summed E-state index contributed by atoms with van der Waals surface area (Å²) in [6.07, 6.45) is 5.50. The van der Waals surface area contributed by atoms with Crippen molar-refractivity contribution < 1.29 is 19.1 Å². The summed E-state index contributed by atoms with van der Waals surface area (Å²) in [7, 11) is 0. The number of aromatic nitrogens is 2. The van der Waals surface area contributed by atoms with Gasteiger partial charge in [-0.25, -0.2) is 9.78 Å². The standard InChI is InChI=1S/C21H24N4O4S/c1-2-12-29-21(28)25-14-17(30-20(27)15-6-4-3-5-7-15)13-16(25)8-10-24-11-9-23-19(24)18(22)26/h2-7,9,11,16-17H,1,8,10,12-14H2,(H2,22,26)/t16-,17+/m1/s1. The minimum absolute atomic E-state index is 0.0220. The first-order chi connectivity index (χ1) is 14.5. The summed E-state index contributed by atoms with van der Waals surface area (Å²) in [6, 6.07) is 8.94. The first-order valence-corrected chi connectivity index (χ1v) is 10.5. The zero-order chi connectivity index (χ0) is 21.5. The molecule has 3 rings (SSSR count). The Hall–Kier alpha value is -3.07. The molecule has 1 fully saturated rings. The normalized spacial score (nSPS) is 18.2. The van der Waals surface area contributed by atoms with Gasteiger partial charge in [0.1, 0.15) is 6.61 Å². The fraction of sp³-hybridized carbons (Fsp3) is 0.333. The number of carbonyl (C=O) groups excluding carboxylic acids is 3. The highest BCUT2D eigenvalue weighted by Crippen LogP contribution is 2.32.